The molecule has 0 aliphatic carbocycles. The second-order valence-electron chi connectivity index (χ2n) is 5.91. The van der Waals surface area contributed by atoms with Crippen LogP contribution in [0.2, 0.25) is 10.0 Å². The first-order valence-electron chi connectivity index (χ1n) is 8.18. The van der Waals surface area contributed by atoms with E-state index in [9.17, 15) is 9.59 Å². The fourth-order valence-corrected chi connectivity index (χ4v) is 2.82. The Bertz CT molecular complexity index is 1000. The molecule has 3 aromatic carbocycles. The van der Waals surface area contributed by atoms with Crippen molar-refractivity contribution in [1.29, 1.82) is 0 Å². The topological polar surface area (TPSA) is 58.2 Å². The molecular weight excluding hydrogens is 383 g/mol. The lowest BCUT2D eigenvalue weighted by Crippen LogP contribution is -2.15. The molecule has 136 valence electrons. The Hall–Kier alpha value is -2.82. The Morgan fingerprint density at radius 2 is 1.41 bits per heavy atom. The minimum atomic E-state index is -0.352. The highest BCUT2D eigenvalue weighted by molar-refractivity contribution is 6.44. The Balaban J connectivity index is 1.81. The summed E-state index contributed by atoms with van der Waals surface area (Å²) in [6.45, 7) is 1.86. The van der Waals surface area contributed by atoms with Gasteiger partial charge in [-0.15, -0.1) is 0 Å². The zero-order valence-electron chi connectivity index (χ0n) is 14.4. The number of carbonyl (C=O) groups is 2. The number of carbonyl (C=O) groups excluding carboxylic acids is 2. The van der Waals surface area contributed by atoms with Gasteiger partial charge < -0.3 is 10.6 Å². The van der Waals surface area contributed by atoms with Gasteiger partial charge in [-0.05, 0) is 48.9 Å². The number of rotatable bonds is 4. The van der Waals surface area contributed by atoms with Crippen molar-refractivity contribution in [1.82, 2.24) is 0 Å². The van der Waals surface area contributed by atoms with Gasteiger partial charge in [0.15, 0.2) is 0 Å². The third-order valence-corrected chi connectivity index (χ3v) is 4.80. The van der Waals surface area contributed by atoms with E-state index >= 15 is 0 Å². The molecule has 0 heterocycles. The lowest BCUT2D eigenvalue weighted by Gasteiger charge is -2.12. The Morgan fingerprint density at radius 1 is 0.741 bits per heavy atom. The molecule has 0 saturated carbocycles. The van der Waals surface area contributed by atoms with Crippen molar-refractivity contribution >= 4 is 46.4 Å². The molecule has 0 aliphatic heterocycles. The summed E-state index contributed by atoms with van der Waals surface area (Å²) in [5, 5.41) is 6.20. The van der Waals surface area contributed by atoms with E-state index in [0.717, 1.165) is 5.56 Å². The van der Waals surface area contributed by atoms with Crippen molar-refractivity contribution in [2.75, 3.05) is 10.6 Å². The summed E-state index contributed by atoms with van der Waals surface area (Å²) < 4.78 is 0. The maximum atomic E-state index is 12.6. The maximum absolute atomic E-state index is 12.6. The molecule has 0 bridgehead atoms. The van der Waals surface area contributed by atoms with Gasteiger partial charge >= 0.3 is 0 Å². The van der Waals surface area contributed by atoms with Gasteiger partial charge in [0.2, 0.25) is 0 Å². The largest absolute Gasteiger partial charge is 0.322 e. The third-order valence-electron chi connectivity index (χ3n) is 3.98. The number of amides is 2. The van der Waals surface area contributed by atoms with Crippen LogP contribution in [0.4, 0.5) is 11.4 Å². The minimum Gasteiger partial charge on any atom is -0.322 e. The summed E-state index contributed by atoms with van der Waals surface area (Å²) in [6, 6.07) is 19.0. The van der Waals surface area contributed by atoms with E-state index in [1.807, 2.05) is 13.0 Å². The van der Waals surface area contributed by atoms with Gasteiger partial charge in [-0.25, -0.2) is 0 Å². The molecular formula is C21H16Cl2N2O2. The van der Waals surface area contributed by atoms with Gasteiger partial charge in [0.1, 0.15) is 0 Å². The van der Waals surface area contributed by atoms with Gasteiger partial charge in [0, 0.05) is 16.8 Å². The van der Waals surface area contributed by atoms with Crippen LogP contribution in [0.1, 0.15) is 26.3 Å². The first kappa shape index (κ1) is 19.0. The second kappa shape index (κ2) is 8.25. The highest BCUT2D eigenvalue weighted by Gasteiger charge is 2.13. The summed E-state index contributed by atoms with van der Waals surface area (Å²) in [4.78, 5) is 24.9. The van der Waals surface area contributed by atoms with Gasteiger partial charge in [-0.2, -0.15) is 0 Å². The van der Waals surface area contributed by atoms with Crippen LogP contribution >= 0.6 is 23.2 Å². The molecule has 27 heavy (non-hydrogen) atoms. The molecule has 6 heteroatoms. The number of benzene rings is 3. The lowest BCUT2D eigenvalue weighted by atomic mass is 10.1. The molecule has 0 radical (unpaired) electrons. The molecule has 3 rings (SSSR count). The van der Waals surface area contributed by atoms with Crippen LogP contribution in [-0.2, 0) is 0 Å². The molecule has 2 N–H and O–H groups in total. The van der Waals surface area contributed by atoms with E-state index in [1.54, 1.807) is 60.7 Å². The summed E-state index contributed by atoms with van der Waals surface area (Å²) in [5.41, 5.74) is 2.76. The average molecular weight is 399 g/mol. The van der Waals surface area contributed by atoms with E-state index in [2.05, 4.69) is 10.6 Å². The van der Waals surface area contributed by atoms with Crippen LogP contribution in [0.15, 0.2) is 66.7 Å². The first-order valence-corrected chi connectivity index (χ1v) is 8.93. The fraction of sp³-hybridized carbons (Fsp3) is 0.0476. The van der Waals surface area contributed by atoms with Crippen molar-refractivity contribution in [3.8, 4) is 0 Å². The van der Waals surface area contributed by atoms with Gasteiger partial charge in [-0.3, -0.25) is 9.59 Å². The van der Waals surface area contributed by atoms with Crippen molar-refractivity contribution in [2.45, 2.75) is 6.92 Å². The molecule has 0 saturated heterocycles. The number of hydrogen-bond donors (Lipinski definition) is 2. The van der Waals surface area contributed by atoms with Crippen molar-refractivity contribution in [2.24, 2.45) is 0 Å². The summed E-state index contributed by atoms with van der Waals surface area (Å²) in [6.07, 6.45) is 0. The van der Waals surface area contributed by atoms with E-state index in [1.165, 1.54) is 0 Å². The van der Waals surface area contributed by atoms with Crippen molar-refractivity contribution in [3.05, 3.63) is 93.5 Å². The predicted molar refractivity (Wildman–Crippen MR) is 110 cm³/mol. The molecule has 2 amide bonds. The Morgan fingerprint density at radius 3 is 2.15 bits per heavy atom. The van der Waals surface area contributed by atoms with E-state index in [4.69, 9.17) is 23.2 Å². The number of anilines is 2. The summed E-state index contributed by atoms with van der Waals surface area (Å²) in [7, 11) is 0. The van der Waals surface area contributed by atoms with Gasteiger partial charge in [0.25, 0.3) is 11.8 Å². The van der Waals surface area contributed by atoms with Gasteiger partial charge in [-0.1, -0.05) is 53.5 Å². The predicted octanol–water partition coefficient (Wildman–Crippen LogP) is 5.81. The fourth-order valence-electron chi connectivity index (χ4n) is 2.48. The third kappa shape index (κ3) is 4.48. The lowest BCUT2D eigenvalue weighted by molar-refractivity contribution is 0.101. The average Bonchev–Trinajstić information content (AvgIpc) is 2.67. The van der Waals surface area contributed by atoms with Crippen LogP contribution in [0.3, 0.4) is 0 Å². The smallest absolute Gasteiger partial charge is 0.255 e. The van der Waals surface area contributed by atoms with E-state index < -0.39 is 0 Å². The zero-order chi connectivity index (χ0) is 19.4. The highest BCUT2D eigenvalue weighted by atomic mass is 35.5. The number of halogens is 2. The maximum Gasteiger partial charge on any atom is 0.255 e. The molecule has 3 aromatic rings. The Kier molecular flexibility index (Phi) is 5.79. The van der Waals surface area contributed by atoms with Crippen molar-refractivity contribution in [3.63, 3.8) is 0 Å². The Labute approximate surface area is 167 Å². The van der Waals surface area contributed by atoms with Gasteiger partial charge in [0.05, 0.1) is 15.7 Å². The normalized spacial score (nSPS) is 10.3. The summed E-state index contributed by atoms with van der Waals surface area (Å²) in [5.74, 6) is -0.594. The van der Waals surface area contributed by atoms with Crippen LogP contribution in [-0.4, -0.2) is 11.8 Å². The molecule has 0 aromatic heterocycles. The monoisotopic (exact) mass is 398 g/mol. The number of hydrogen-bond acceptors (Lipinski definition) is 2. The minimum absolute atomic E-state index is 0.242. The molecule has 0 unspecified atom stereocenters. The molecule has 0 atom stereocenters. The standard InChI is InChI=1S/C21H16Cl2N2O2/c1-13-10-11-15(21(27)24-17-9-5-8-16(22)19(17)23)12-18(13)25-20(26)14-6-3-2-4-7-14/h2-12H,1H3,(H,24,27)(H,25,26). The second-order valence-corrected chi connectivity index (χ2v) is 6.69. The highest BCUT2D eigenvalue weighted by Crippen LogP contribution is 2.30. The SMILES string of the molecule is Cc1ccc(C(=O)Nc2cccc(Cl)c2Cl)cc1NC(=O)c1ccccc1. The molecule has 0 aliphatic rings. The first-order chi connectivity index (χ1) is 13.0. The zero-order valence-corrected chi connectivity index (χ0v) is 15.9. The van der Waals surface area contributed by atoms with Crippen LogP contribution in [0.25, 0.3) is 0 Å². The van der Waals surface area contributed by atoms with Crippen LogP contribution in [0, 0.1) is 6.92 Å². The van der Waals surface area contributed by atoms with Crippen LogP contribution < -0.4 is 10.6 Å². The molecule has 0 fully saturated rings. The van der Waals surface area contributed by atoms with Crippen molar-refractivity contribution < 1.29 is 9.59 Å². The summed E-state index contributed by atoms with van der Waals surface area (Å²) >= 11 is 12.1. The quantitative estimate of drug-likeness (QED) is 0.582. The molecule has 0 spiro atoms. The van der Waals surface area contributed by atoms with Crippen LogP contribution in [0.5, 0.6) is 0 Å². The number of nitrogens with one attached hydrogen (secondary N) is 2. The van der Waals surface area contributed by atoms with E-state index in [0.29, 0.717) is 27.5 Å². The van der Waals surface area contributed by atoms with E-state index in [-0.39, 0.29) is 16.8 Å². The molecule has 4 nitrogen and oxygen atoms in total. The number of aryl methyl sites for hydroxylation is 1.